The van der Waals surface area contributed by atoms with E-state index in [1.165, 1.54) is 11.0 Å². The van der Waals surface area contributed by atoms with Crippen LogP contribution in [0.3, 0.4) is 0 Å². The van der Waals surface area contributed by atoms with Crippen molar-refractivity contribution in [3.8, 4) is 10.4 Å². The molecule has 0 radical (unpaired) electrons. The van der Waals surface area contributed by atoms with Crippen LogP contribution in [0.15, 0.2) is 90.6 Å². The van der Waals surface area contributed by atoms with Crippen molar-refractivity contribution in [2.45, 2.75) is 116 Å². The Morgan fingerprint density at radius 1 is 0.932 bits per heavy atom. The Morgan fingerprint density at radius 2 is 1.68 bits per heavy atom. The zero-order valence-corrected chi connectivity index (χ0v) is 43.1. The quantitative estimate of drug-likeness (QED) is 0.0296. The predicted molar refractivity (Wildman–Crippen MR) is 282 cm³/mol. The van der Waals surface area contributed by atoms with Crippen LogP contribution in [0.2, 0.25) is 0 Å². The van der Waals surface area contributed by atoms with Crippen molar-refractivity contribution in [3.05, 3.63) is 119 Å². The van der Waals surface area contributed by atoms with Gasteiger partial charge in [-0.2, -0.15) is 0 Å². The molecule has 0 bridgehead atoms. The van der Waals surface area contributed by atoms with Gasteiger partial charge in [-0.15, -0.1) is 16.4 Å². The summed E-state index contributed by atoms with van der Waals surface area (Å²) in [6, 6.07) is 16.9. The number of allylic oxidation sites excluding steroid dienone is 2. The number of aryl methyl sites for hydroxylation is 1. The summed E-state index contributed by atoms with van der Waals surface area (Å²) in [4.78, 5) is 71.3. The molecule has 4 N–H and O–H groups in total. The third-order valence-corrected chi connectivity index (χ3v) is 15.0. The molecule has 6 heterocycles. The summed E-state index contributed by atoms with van der Waals surface area (Å²) in [7, 11) is 0. The number of aliphatic hydroxyl groups is 1. The number of amides is 4. The van der Waals surface area contributed by atoms with Gasteiger partial charge in [0, 0.05) is 65.1 Å². The molecule has 0 spiro atoms. The fourth-order valence-corrected chi connectivity index (χ4v) is 10.8. The summed E-state index contributed by atoms with van der Waals surface area (Å²) in [6.07, 6.45) is 13.7. The van der Waals surface area contributed by atoms with E-state index in [-0.39, 0.29) is 55.5 Å². The number of thiazole rings is 1. The number of hydrogen-bond donors (Lipinski definition) is 4. The van der Waals surface area contributed by atoms with Crippen LogP contribution in [0.1, 0.15) is 107 Å². The topological polar surface area (TPSA) is 192 Å². The van der Waals surface area contributed by atoms with Gasteiger partial charge in [-0.1, -0.05) is 82.2 Å². The highest BCUT2D eigenvalue weighted by atomic mass is 32.1. The number of piperazine rings is 1. The lowest BCUT2D eigenvalue weighted by Crippen LogP contribution is -2.57. The van der Waals surface area contributed by atoms with Crippen LogP contribution in [0, 0.1) is 23.6 Å². The number of halogens is 1. The van der Waals surface area contributed by atoms with E-state index in [4.69, 9.17) is 10.5 Å². The standard InChI is InChI=1S/C55H68FN11O5S/c1-37-51(73-36-60-37)39-22-20-38(21-23-39)33-59-53(71)45-32-43(68)35-66(45)54(72)52(55(2,3)4)61-49(69)18-7-5-6-8-19-50(70)64-29-27-63(28-30-64)46(57)17-10-9-15-42-34-58-47-24-25-48(62-67(42)47)65-26-12-16-44(65)40-13-11-14-41(56)31-40/h9-11,13-15,17,20-25,31,34,36,43-45,52,57,68H,5-8,12,16,18-19,26-30,32-33,35H2,1-4H3,(H,59,71)(H,61,69)/b15-9+,17-10-,57-46?/t43-,44-,45+,52-/m1/s1. The lowest BCUT2D eigenvalue weighted by molar-refractivity contribution is -0.144. The number of aromatic nitrogens is 4. The zero-order valence-electron chi connectivity index (χ0n) is 42.3. The van der Waals surface area contributed by atoms with Crippen LogP contribution in [0.4, 0.5) is 10.2 Å². The van der Waals surface area contributed by atoms with E-state index in [1.807, 2.05) is 104 Å². The second-order valence-corrected chi connectivity index (χ2v) is 21.2. The van der Waals surface area contributed by atoms with E-state index in [0.717, 1.165) is 71.0 Å². The molecular formula is C55H68FN11O5S. The molecule has 18 heteroatoms. The Morgan fingerprint density at radius 3 is 2.41 bits per heavy atom. The molecule has 16 nitrogen and oxygen atoms in total. The number of likely N-dealkylation sites (tertiary alicyclic amines) is 1. The lowest BCUT2D eigenvalue weighted by Gasteiger charge is -2.35. The molecular weight excluding hydrogens is 946 g/mol. The molecule has 3 saturated heterocycles. The fourth-order valence-electron chi connectivity index (χ4n) is 9.94. The van der Waals surface area contributed by atoms with Crippen molar-refractivity contribution in [3.63, 3.8) is 0 Å². The molecule has 0 unspecified atom stereocenters. The Kier molecular flexibility index (Phi) is 17.2. The maximum atomic E-state index is 14.1. The minimum atomic E-state index is -0.898. The molecule has 2 aromatic carbocycles. The van der Waals surface area contributed by atoms with E-state index < -0.39 is 29.5 Å². The minimum absolute atomic E-state index is 0.00525. The summed E-state index contributed by atoms with van der Waals surface area (Å²) in [5.41, 5.74) is 6.53. The van der Waals surface area contributed by atoms with E-state index in [0.29, 0.717) is 56.9 Å². The lowest BCUT2D eigenvalue weighted by atomic mass is 9.85. The Bertz CT molecular complexity index is 2810. The van der Waals surface area contributed by atoms with Gasteiger partial charge >= 0.3 is 0 Å². The van der Waals surface area contributed by atoms with Gasteiger partial charge in [0.2, 0.25) is 23.6 Å². The molecule has 8 rings (SSSR count). The number of nitrogens with one attached hydrogen (secondary N) is 3. The first-order valence-corrected chi connectivity index (χ1v) is 26.4. The van der Waals surface area contributed by atoms with E-state index in [2.05, 4.69) is 25.5 Å². The molecule has 3 aliphatic rings. The predicted octanol–water partition coefficient (Wildman–Crippen LogP) is 7.48. The van der Waals surface area contributed by atoms with Gasteiger partial charge in [0.25, 0.3) is 0 Å². The van der Waals surface area contributed by atoms with Crippen LogP contribution < -0.4 is 15.5 Å². The number of anilines is 1. The van der Waals surface area contributed by atoms with Gasteiger partial charge in [-0.05, 0) is 91.1 Å². The van der Waals surface area contributed by atoms with Gasteiger partial charge in [0.15, 0.2) is 5.65 Å². The van der Waals surface area contributed by atoms with Crippen LogP contribution in [-0.2, 0) is 25.7 Å². The number of amidine groups is 1. The summed E-state index contributed by atoms with van der Waals surface area (Å²) in [6.45, 7) is 10.9. The molecule has 386 valence electrons. The molecule has 3 aromatic heterocycles. The summed E-state index contributed by atoms with van der Waals surface area (Å²) < 4.78 is 15.8. The van der Waals surface area contributed by atoms with E-state index >= 15 is 0 Å². The smallest absolute Gasteiger partial charge is 0.246 e. The van der Waals surface area contributed by atoms with Crippen molar-refractivity contribution in [2.75, 3.05) is 44.2 Å². The Labute approximate surface area is 430 Å². The van der Waals surface area contributed by atoms with E-state index in [9.17, 15) is 28.7 Å². The number of unbranched alkanes of at least 4 members (excludes halogenated alkanes) is 3. The normalized spacial score (nSPS) is 18.8. The first kappa shape index (κ1) is 52.5. The van der Waals surface area contributed by atoms with Gasteiger partial charge < -0.3 is 35.3 Å². The van der Waals surface area contributed by atoms with Crippen LogP contribution in [0.5, 0.6) is 0 Å². The number of carbonyl (C=O) groups excluding carboxylic acids is 4. The fraction of sp³-hybridized carbons (Fsp3) is 0.455. The number of fused-ring (bicyclic) bond motifs is 1. The Balaban J connectivity index is 0.721. The number of aliphatic hydroxyl groups excluding tert-OH is 1. The number of benzene rings is 2. The van der Waals surface area contributed by atoms with Gasteiger partial charge in [0.05, 0.1) is 40.1 Å². The number of β-amino-alcohol motifs (C(OH)–C–C–N with tert-alkyl or cyclic N) is 1. The summed E-state index contributed by atoms with van der Waals surface area (Å²) in [5.74, 6) is 0.0107. The molecule has 5 aromatic rings. The third-order valence-electron chi connectivity index (χ3n) is 14.0. The van der Waals surface area contributed by atoms with Gasteiger partial charge in [0.1, 0.15) is 29.6 Å². The highest BCUT2D eigenvalue weighted by Crippen LogP contribution is 2.36. The highest BCUT2D eigenvalue weighted by molar-refractivity contribution is 7.13. The highest BCUT2D eigenvalue weighted by Gasteiger charge is 2.44. The molecule has 73 heavy (non-hydrogen) atoms. The van der Waals surface area contributed by atoms with Crippen molar-refractivity contribution in [1.82, 2.24) is 44.9 Å². The van der Waals surface area contributed by atoms with Crippen molar-refractivity contribution >= 4 is 58.3 Å². The molecule has 3 aliphatic heterocycles. The largest absolute Gasteiger partial charge is 0.391 e. The van der Waals surface area contributed by atoms with Crippen LogP contribution >= 0.6 is 11.3 Å². The summed E-state index contributed by atoms with van der Waals surface area (Å²) in [5, 5.41) is 30.1. The van der Waals surface area contributed by atoms with E-state index in [1.54, 1.807) is 40.3 Å². The average Bonchev–Trinajstić information content (AvgIpc) is 4.21. The minimum Gasteiger partial charge on any atom is -0.391 e. The molecule has 0 aliphatic carbocycles. The maximum Gasteiger partial charge on any atom is 0.246 e. The summed E-state index contributed by atoms with van der Waals surface area (Å²) >= 11 is 1.58. The van der Waals surface area contributed by atoms with Crippen LogP contribution in [0.25, 0.3) is 22.2 Å². The number of carbonyl (C=O) groups is 4. The second-order valence-electron chi connectivity index (χ2n) is 20.4. The Hall–Kier alpha value is -6.79. The first-order chi connectivity index (χ1) is 35.1. The van der Waals surface area contributed by atoms with Gasteiger partial charge in [-0.3, -0.25) is 24.6 Å². The number of imidazole rings is 1. The molecule has 0 saturated carbocycles. The average molecular weight is 1010 g/mol. The molecule has 4 atom stereocenters. The monoisotopic (exact) mass is 1010 g/mol. The SMILES string of the molecule is Cc1ncsc1-c1ccc(CNC(=O)[C@@H]2C[C@@H](O)CN2C(=O)[C@@H](NC(=O)CCCCCCC(=O)N2CCN(C(=N)/C=C\C=C\c3cnc4ccc(N5CCC[C@@H]5c5cccc(F)c5)nn34)CC2)C(C)(C)C)cc1. The number of hydrogen-bond acceptors (Lipinski definition) is 11. The number of rotatable bonds is 18. The maximum absolute atomic E-state index is 14.1. The van der Waals surface area contributed by atoms with Gasteiger partial charge in [-0.25, -0.2) is 18.9 Å². The molecule has 3 fully saturated rings. The number of nitrogens with zero attached hydrogens (tertiary/aromatic N) is 8. The van der Waals surface area contributed by atoms with Crippen molar-refractivity contribution < 1.29 is 28.7 Å². The molecule has 4 amide bonds. The van der Waals surface area contributed by atoms with Crippen LogP contribution in [-0.4, -0.2) is 126 Å². The second kappa shape index (κ2) is 23.8. The van der Waals surface area contributed by atoms with Crippen molar-refractivity contribution in [1.29, 1.82) is 5.41 Å². The third kappa shape index (κ3) is 13.3. The van der Waals surface area contributed by atoms with Crippen molar-refractivity contribution in [2.24, 2.45) is 5.41 Å². The zero-order chi connectivity index (χ0) is 51.6. The first-order valence-electron chi connectivity index (χ1n) is 25.5.